The topological polar surface area (TPSA) is 84.9 Å². The molecule has 2 rings (SSSR count). The van der Waals surface area contributed by atoms with Crippen LogP contribution in [-0.2, 0) is 9.59 Å². The number of hydrogen-bond acceptors (Lipinski definition) is 4. The molecule has 0 radical (unpaired) electrons. The molecular weight excluding hydrogens is 250 g/mol. The van der Waals surface area contributed by atoms with Gasteiger partial charge >= 0.3 is 5.97 Å². The lowest BCUT2D eigenvalue weighted by atomic mass is 10.2. The normalized spacial score (nSPS) is 14.4. The number of amides is 1. The van der Waals surface area contributed by atoms with Gasteiger partial charge in [-0.1, -0.05) is 6.07 Å². The zero-order valence-electron chi connectivity index (χ0n) is 10.3. The van der Waals surface area contributed by atoms with Crippen molar-refractivity contribution in [2.24, 2.45) is 0 Å². The first kappa shape index (κ1) is 12.9. The Morgan fingerprint density at radius 3 is 2.84 bits per heavy atom. The van der Waals surface area contributed by atoms with Gasteiger partial charge in [0.15, 0.2) is 11.5 Å². The van der Waals surface area contributed by atoms with Crippen molar-refractivity contribution >= 4 is 18.0 Å². The monoisotopic (exact) mass is 263 g/mol. The molecule has 0 aliphatic carbocycles. The predicted molar refractivity (Wildman–Crippen MR) is 66.8 cm³/mol. The third-order valence-corrected chi connectivity index (χ3v) is 2.55. The van der Waals surface area contributed by atoms with E-state index in [1.54, 1.807) is 24.3 Å². The van der Waals surface area contributed by atoms with Crippen LogP contribution in [0.4, 0.5) is 0 Å². The van der Waals surface area contributed by atoms with E-state index in [1.807, 2.05) is 0 Å². The number of aliphatic carboxylic acids is 1. The molecule has 1 heterocycles. The summed E-state index contributed by atoms with van der Waals surface area (Å²) in [6, 6.07) is 4.35. The van der Waals surface area contributed by atoms with Gasteiger partial charge in [0.25, 0.3) is 0 Å². The predicted octanol–water partition coefficient (Wildman–Crippen LogP) is 1.02. The third kappa shape index (κ3) is 3.25. The number of nitrogens with one attached hydrogen (secondary N) is 1. The standard InChI is InChI=1S/C13H13NO5/c1-8(13(16)17)14-12(15)5-3-9-2-4-10-11(6-9)19-7-18-10/h2-6,8H,7H2,1H3,(H,14,15)(H,16,17)/t8-/m1/s1. The zero-order valence-corrected chi connectivity index (χ0v) is 10.3. The summed E-state index contributed by atoms with van der Waals surface area (Å²) in [6.07, 6.45) is 2.85. The summed E-state index contributed by atoms with van der Waals surface area (Å²) >= 11 is 0. The average molecular weight is 263 g/mol. The van der Waals surface area contributed by atoms with E-state index < -0.39 is 17.9 Å². The summed E-state index contributed by atoms with van der Waals surface area (Å²) in [4.78, 5) is 22.0. The van der Waals surface area contributed by atoms with Gasteiger partial charge in [-0.25, -0.2) is 0 Å². The molecule has 0 bridgehead atoms. The molecule has 100 valence electrons. The van der Waals surface area contributed by atoms with E-state index in [0.29, 0.717) is 11.5 Å². The Kier molecular flexibility index (Phi) is 3.70. The van der Waals surface area contributed by atoms with Gasteiger partial charge in [0, 0.05) is 6.08 Å². The highest BCUT2D eigenvalue weighted by atomic mass is 16.7. The molecule has 1 aromatic rings. The van der Waals surface area contributed by atoms with Crippen LogP contribution >= 0.6 is 0 Å². The number of carboxylic acids is 1. The Hall–Kier alpha value is -2.50. The Balaban J connectivity index is 1.98. The largest absolute Gasteiger partial charge is 0.480 e. The summed E-state index contributed by atoms with van der Waals surface area (Å²) < 4.78 is 10.4. The van der Waals surface area contributed by atoms with Crippen LogP contribution in [0.5, 0.6) is 11.5 Å². The Labute approximate surface area is 109 Å². The van der Waals surface area contributed by atoms with Crippen molar-refractivity contribution < 1.29 is 24.2 Å². The molecule has 6 heteroatoms. The zero-order chi connectivity index (χ0) is 13.8. The van der Waals surface area contributed by atoms with Gasteiger partial charge in [0.1, 0.15) is 6.04 Å². The number of hydrogen-bond donors (Lipinski definition) is 2. The van der Waals surface area contributed by atoms with Crippen LogP contribution in [0.25, 0.3) is 6.08 Å². The molecule has 0 spiro atoms. The molecule has 1 aliphatic heterocycles. The van der Waals surface area contributed by atoms with Crippen molar-refractivity contribution in [1.82, 2.24) is 5.32 Å². The van der Waals surface area contributed by atoms with Gasteiger partial charge in [-0.3, -0.25) is 9.59 Å². The Morgan fingerprint density at radius 2 is 2.11 bits per heavy atom. The van der Waals surface area contributed by atoms with Crippen molar-refractivity contribution in [3.63, 3.8) is 0 Å². The van der Waals surface area contributed by atoms with Crippen molar-refractivity contribution in [3.8, 4) is 11.5 Å². The quantitative estimate of drug-likeness (QED) is 0.792. The molecule has 1 amide bonds. The number of rotatable bonds is 4. The van der Waals surface area contributed by atoms with Gasteiger partial charge in [0.2, 0.25) is 12.7 Å². The van der Waals surface area contributed by atoms with Gasteiger partial charge in [-0.2, -0.15) is 0 Å². The first-order valence-corrected chi connectivity index (χ1v) is 5.67. The maximum Gasteiger partial charge on any atom is 0.325 e. The van der Waals surface area contributed by atoms with E-state index in [4.69, 9.17) is 14.6 Å². The van der Waals surface area contributed by atoms with Crippen LogP contribution in [0.15, 0.2) is 24.3 Å². The minimum atomic E-state index is -1.08. The van der Waals surface area contributed by atoms with Gasteiger partial charge < -0.3 is 19.9 Å². The van der Waals surface area contributed by atoms with E-state index in [2.05, 4.69) is 5.32 Å². The van der Waals surface area contributed by atoms with Crippen molar-refractivity contribution in [2.45, 2.75) is 13.0 Å². The number of ether oxygens (including phenoxy) is 2. The number of carbonyl (C=O) groups is 2. The third-order valence-electron chi connectivity index (χ3n) is 2.55. The second kappa shape index (κ2) is 5.43. The molecule has 6 nitrogen and oxygen atoms in total. The highest BCUT2D eigenvalue weighted by Crippen LogP contribution is 2.32. The maximum absolute atomic E-state index is 11.4. The molecule has 1 aliphatic rings. The van der Waals surface area contributed by atoms with Crippen molar-refractivity contribution in [1.29, 1.82) is 0 Å². The second-order valence-electron chi connectivity index (χ2n) is 4.01. The Morgan fingerprint density at radius 1 is 1.37 bits per heavy atom. The van der Waals surface area contributed by atoms with Gasteiger partial charge in [-0.15, -0.1) is 0 Å². The average Bonchev–Trinajstić information content (AvgIpc) is 2.83. The fraction of sp³-hybridized carbons (Fsp3) is 0.231. The van der Waals surface area contributed by atoms with E-state index in [-0.39, 0.29) is 6.79 Å². The lowest BCUT2D eigenvalue weighted by Crippen LogP contribution is -2.37. The summed E-state index contributed by atoms with van der Waals surface area (Å²) in [5.41, 5.74) is 0.766. The second-order valence-corrected chi connectivity index (χ2v) is 4.01. The lowest BCUT2D eigenvalue weighted by Gasteiger charge is -2.05. The summed E-state index contributed by atoms with van der Waals surface area (Å²) in [6.45, 7) is 1.59. The molecule has 1 aromatic carbocycles. The van der Waals surface area contributed by atoms with E-state index in [0.717, 1.165) is 5.56 Å². The van der Waals surface area contributed by atoms with Gasteiger partial charge in [0.05, 0.1) is 0 Å². The SMILES string of the molecule is C[C@@H](NC(=O)C=Cc1ccc2c(c1)OCO2)C(=O)O. The molecule has 0 saturated heterocycles. The van der Waals surface area contributed by atoms with Crippen LogP contribution in [0.1, 0.15) is 12.5 Å². The van der Waals surface area contributed by atoms with Crippen molar-refractivity contribution in [2.75, 3.05) is 6.79 Å². The van der Waals surface area contributed by atoms with Crippen LogP contribution in [-0.4, -0.2) is 29.8 Å². The molecule has 0 aromatic heterocycles. The first-order chi connectivity index (χ1) is 9.06. The minimum absolute atomic E-state index is 0.194. The molecule has 0 saturated carbocycles. The summed E-state index contributed by atoms with van der Waals surface area (Å²) in [5.74, 6) is -0.250. The fourth-order valence-corrected chi connectivity index (χ4v) is 1.51. The smallest absolute Gasteiger partial charge is 0.325 e. The van der Waals surface area contributed by atoms with E-state index in [9.17, 15) is 9.59 Å². The molecule has 0 unspecified atom stereocenters. The Bertz CT molecular complexity index is 538. The molecular formula is C13H13NO5. The highest BCUT2D eigenvalue weighted by molar-refractivity contribution is 5.94. The number of fused-ring (bicyclic) bond motifs is 1. The lowest BCUT2D eigenvalue weighted by molar-refractivity contribution is -0.140. The van der Waals surface area contributed by atoms with E-state index in [1.165, 1.54) is 13.0 Å². The number of carboxylic acid groups (broad SMARTS) is 1. The van der Waals surface area contributed by atoms with Crippen LogP contribution in [0.3, 0.4) is 0 Å². The molecule has 19 heavy (non-hydrogen) atoms. The van der Waals surface area contributed by atoms with Crippen LogP contribution in [0, 0.1) is 0 Å². The molecule has 0 fully saturated rings. The van der Waals surface area contributed by atoms with Gasteiger partial charge in [-0.05, 0) is 30.7 Å². The maximum atomic E-state index is 11.4. The minimum Gasteiger partial charge on any atom is -0.480 e. The summed E-state index contributed by atoms with van der Waals surface area (Å²) in [5, 5.41) is 11.0. The highest BCUT2D eigenvalue weighted by Gasteiger charge is 2.13. The van der Waals surface area contributed by atoms with Crippen molar-refractivity contribution in [3.05, 3.63) is 29.8 Å². The first-order valence-electron chi connectivity index (χ1n) is 5.67. The van der Waals surface area contributed by atoms with E-state index >= 15 is 0 Å². The molecule has 1 atom stereocenters. The number of benzene rings is 1. The summed E-state index contributed by atoms with van der Waals surface area (Å²) in [7, 11) is 0. The fourth-order valence-electron chi connectivity index (χ4n) is 1.51. The number of carbonyl (C=O) groups excluding carboxylic acids is 1. The van der Waals surface area contributed by atoms with Crippen LogP contribution < -0.4 is 14.8 Å². The molecule has 2 N–H and O–H groups in total. The van der Waals surface area contributed by atoms with Crippen LogP contribution in [0.2, 0.25) is 0 Å².